The van der Waals surface area contributed by atoms with E-state index < -0.39 is 0 Å². The maximum absolute atomic E-state index is 9.74. The molecule has 1 heterocycles. The second-order valence-electron chi connectivity index (χ2n) is 2.56. The van der Waals surface area contributed by atoms with Crippen LogP contribution >= 0.6 is 0 Å². The van der Waals surface area contributed by atoms with Crippen molar-refractivity contribution in [1.29, 1.82) is 0 Å². The minimum Gasteiger partial charge on any atom is -0.366 e. The summed E-state index contributed by atoms with van der Waals surface area (Å²) in [5.41, 5.74) is -0.0442. The summed E-state index contributed by atoms with van der Waals surface area (Å²) in [6.45, 7) is 3.93. The summed E-state index contributed by atoms with van der Waals surface area (Å²) in [6, 6.07) is 0. The number of rotatable bonds is 2. The van der Waals surface area contributed by atoms with Crippen molar-refractivity contribution < 1.29 is 9.53 Å². The van der Waals surface area contributed by atoms with Gasteiger partial charge >= 0.3 is 0 Å². The first kappa shape index (κ1) is 5.76. The summed E-state index contributed by atoms with van der Waals surface area (Å²) >= 11 is 0. The largest absolute Gasteiger partial charge is 0.366 e. The Balaban J connectivity index is 2.26. The third kappa shape index (κ3) is 0.892. The molecule has 1 atom stereocenters. The lowest BCUT2D eigenvalue weighted by atomic mass is 10.1. The van der Waals surface area contributed by atoms with Gasteiger partial charge in [0.25, 0.3) is 0 Å². The van der Waals surface area contributed by atoms with Crippen LogP contribution < -0.4 is 0 Å². The molecule has 0 spiro atoms. The van der Waals surface area contributed by atoms with Crippen LogP contribution in [0.2, 0.25) is 0 Å². The zero-order valence-electron chi connectivity index (χ0n) is 5.10. The summed E-state index contributed by atoms with van der Waals surface area (Å²) < 4.78 is 5.08. The molecule has 8 heavy (non-hydrogen) atoms. The van der Waals surface area contributed by atoms with E-state index in [1.54, 1.807) is 0 Å². The maximum Gasteiger partial charge on any atom is 0.201 e. The first-order valence-electron chi connectivity index (χ1n) is 2.69. The molecule has 0 aromatic heterocycles. The van der Waals surface area contributed by atoms with Crippen LogP contribution in [0.4, 0.5) is 0 Å². The van der Waals surface area contributed by atoms with Crippen LogP contribution in [0.1, 0.15) is 20.3 Å². The minimum absolute atomic E-state index is 0.0442. The molecular formula is C6H9O2. The molecule has 0 saturated carbocycles. The number of hydrogen-bond donors (Lipinski definition) is 0. The molecule has 0 aromatic rings. The van der Waals surface area contributed by atoms with E-state index in [4.69, 9.17) is 4.74 Å². The highest BCUT2D eigenvalue weighted by Crippen LogP contribution is 2.36. The lowest BCUT2D eigenvalue weighted by molar-refractivity contribution is 0.325. The van der Waals surface area contributed by atoms with Gasteiger partial charge in [-0.05, 0) is 13.8 Å². The van der Waals surface area contributed by atoms with Gasteiger partial charge in [-0.1, -0.05) is 0 Å². The van der Waals surface area contributed by atoms with Crippen molar-refractivity contribution in [3.8, 4) is 0 Å². The quantitative estimate of drug-likeness (QED) is 0.492. The standard InChI is InChI=1S/C6H9O2/c1-6(2)5(8-6)3-4-7/h5H,3H2,1-2H3. The van der Waals surface area contributed by atoms with Crippen LogP contribution in [0.15, 0.2) is 0 Å². The maximum atomic E-state index is 9.74. The number of carbonyl (C=O) groups excluding carboxylic acids is 1. The van der Waals surface area contributed by atoms with Crippen LogP contribution in [0, 0.1) is 0 Å². The van der Waals surface area contributed by atoms with E-state index >= 15 is 0 Å². The smallest absolute Gasteiger partial charge is 0.201 e. The molecule has 0 amide bonds. The van der Waals surface area contributed by atoms with Crippen LogP contribution in [-0.4, -0.2) is 18.0 Å². The molecule has 1 radical (unpaired) electrons. The van der Waals surface area contributed by atoms with E-state index in [0.29, 0.717) is 6.42 Å². The van der Waals surface area contributed by atoms with E-state index in [2.05, 4.69) is 0 Å². The fourth-order valence-electron chi connectivity index (χ4n) is 0.696. The third-order valence-corrected chi connectivity index (χ3v) is 1.43. The van der Waals surface area contributed by atoms with Gasteiger partial charge in [0.1, 0.15) is 0 Å². The second-order valence-corrected chi connectivity index (χ2v) is 2.56. The van der Waals surface area contributed by atoms with Crippen molar-refractivity contribution >= 4 is 6.29 Å². The topological polar surface area (TPSA) is 29.6 Å². The molecule has 0 aliphatic carbocycles. The Hall–Kier alpha value is -0.370. The Labute approximate surface area is 48.8 Å². The Morgan fingerprint density at radius 2 is 2.25 bits per heavy atom. The average molecular weight is 113 g/mol. The van der Waals surface area contributed by atoms with E-state index in [0.717, 1.165) is 0 Å². The van der Waals surface area contributed by atoms with Gasteiger partial charge in [0.15, 0.2) is 0 Å². The van der Waals surface area contributed by atoms with Gasteiger partial charge in [-0.25, -0.2) is 0 Å². The fourth-order valence-corrected chi connectivity index (χ4v) is 0.696. The van der Waals surface area contributed by atoms with E-state index in [9.17, 15) is 4.79 Å². The molecule has 2 nitrogen and oxygen atoms in total. The van der Waals surface area contributed by atoms with Gasteiger partial charge < -0.3 is 4.74 Å². The van der Waals surface area contributed by atoms with Crippen molar-refractivity contribution in [2.24, 2.45) is 0 Å². The first-order chi connectivity index (χ1) is 3.67. The van der Waals surface area contributed by atoms with Crippen LogP contribution in [-0.2, 0) is 9.53 Å². The third-order valence-electron chi connectivity index (χ3n) is 1.43. The van der Waals surface area contributed by atoms with Crippen molar-refractivity contribution in [3.05, 3.63) is 0 Å². The molecule has 1 unspecified atom stereocenters. The normalized spacial score (nSPS) is 32.0. The number of ether oxygens (including phenoxy) is 1. The predicted molar refractivity (Wildman–Crippen MR) is 29.3 cm³/mol. The average Bonchev–Trinajstić information content (AvgIpc) is 2.15. The summed E-state index contributed by atoms with van der Waals surface area (Å²) in [6.07, 6.45) is 2.37. The van der Waals surface area contributed by atoms with E-state index in [1.807, 2.05) is 20.1 Å². The zero-order chi connectivity index (χ0) is 6.20. The highest BCUT2D eigenvalue weighted by Gasteiger charge is 2.47. The number of epoxide rings is 1. The van der Waals surface area contributed by atoms with Gasteiger partial charge in [0.05, 0.1) is 11.7 Å². The Kier molecular flexibility index (Phi) is 1.12. The molecule has 0 aromatic carbocycles. The molecule has 1 rings (SSSR count). The second kappa shape index (κ2) is 1.55. The summed E-state index contributed by atoms with van der Waals surface area (Å²) in [7, 11) is 0. The monoisotopic (exact) mass is 113 g/mol. The van der Waals surface area contributed by atoms with Crippen molar-refractivity contribution in [1.82, 2.24) is 0 Å². The molecule has 45 valence electrons. The summed E-state index contributed by atoms with van der Waals surface area (Å²) in [4.78, 5) is 9.74. The first-order valence-corrected chi connectivity index (χ1v) is 2.69. The minimum atomic E-state index is -0.0442. The Bertz CT molecular complexity index is 107. The molecule has 1 aliphatic rings. The van der Waals surface area contributed by atoms with Gasteiger partial charge in [-0.15, -0.1) is 0 Å². The lowest BCUT2D eigenvalue weighted by Gasteiger charge is -1.87. The molecule has 1 saturated heterocycles. The fraction of sp³-hybridized carbons (Fsp3) is 0.833. The molecule has 0 bridgehead atoms. The molecule has 2 heteroatoms. The lowest BCUT2D eigenvalue weighted by Crippen LogP contribution is -2.02. The van der Waals surface area contributed by atoms with E-state index in [-0.39, 0.29) is 11.7 Å². The van der Waals surface area contributed by atoms with Crippen molar-refractivity contribution in [3.63, 3.8) is 0 Å². The SMILES string of the molecule is CC1(C)OC1C[C]=O. The van der Waals surface area contributed by atoms with Gasteiger partial charge in [0, 0.05) is 6.42 Å². The summed E-state index contributed by atoms with van der Waals surface area (Å²) in [5.74, 6) is 0. The van der Waals surface area contributed by atoms with Gasteiger partial charge in [-0.3, -0.25) is 4.79 Å². The molecular weight excluding hydrogens is 104 g/mol. The van der Waals surface area contributed by atoms with Crippen molar-refractivity contribution in [2.45, 2.75) is 32.0 Å². The van der Waals surface area contributed by atoms with Crippen molar-refractivity contribution in [2.75, 3.05) is 0 Å². The Morgan fingerprint density at radius 1 is 1.75 bits per heavy atom. The highest BCUT2D eigenvalue weighted by atomic mass is 16.6. The summed E-state index contributed by atoms with van der Waals surface area (Å²) in [5, 5.41) is 0. The highest BCUT2D eigenvalue weighted by molar-refractivity contribution is 5.52. The zero-order valence-corrected chi connectivity index (χ0v) is 5.10. The molecule has 0 N–H and O–H groups in total. The predicted octanol–water partition coefficient (Wildman–Crippen LogP) is 0.664. The van der Waals surface area contributed by atoms with Gasteiger partial charge in [-0.2, -0.15) is 0 Å². The molecule has 1 aliphatic heterocycles. The van der Waals surface area contributed by atoms with Crippen LogP contribution in [0.3, 0.4) is 0 Å². The van der Waals surface area contributed by atoms with Gasteiger partial charge in [0.2, 0.25) is 6.29 Å². The van der Waals surface area contributed by atoms with Crippen LogP contribution in [0.5, 0.6) is 0 Å². The van der Waals surface area contributed by atoms with E-state index in [1.165, 1.54) is 0 Å². The molecule has 1 fully saturated rings. The number of hydrogen-bond acceptors (Lipinski definition) is 2. The van der Waals surface area contributed by atoms with Crippen LogP contribution in [0.25, 0.3) is 0 Å². The Morgan fingerprint density at radius 3 is 2.38 bits per heavy atom.